The van der Waals surface area contributed by atoms with Gasteiger partial charge in [-0.3, -0.25) is 4.79 Å². The molecule has 1 fully saturated rings. The first-order chi connectivity index (χ1) is 14.8. The van der Waals surface area contributed by atoms with Crippen molar-refractivity contribution in [1.82, 2.24) is 5.16 Å². The molecule has 0 aliphatic carbocycles. The largest absolute Gasteiger partial charge is 0.372 e. The number of benzene rings is 2. The monoisotopic (exact) mass is 431 g/mol. The molecule has 6 nitrogen and oxygen atoms in total. The van der Waals surface area contributed by atoms with Crippen molar-refractivity contribution in [1.29, 1.82) is 0 Å². The van der Waals surface area contributed by atoms with E-state index in [4.69, 9.17) is 9.26 Å². The van der Waals surface area contributed by atoms with Gasteiger partial charge in [-0.2, -0.15) is 0 Å². The zero-order valence-corrected chi connectivity index (χ0v) is 16.9. The van der Waals surface area contributed by atoms with Crippen molar-refractivity contribution in [2.24, 2.45) is 0 Å². The van der Waals surface area contributed by atoms with Crippen LogP contribution in [0.5, 0.6) is 0 Å². The van der Waals surface area contributed by atoms with E-state index in [0.717, 1.165) is 18.2 Å². The Balaban J connectivity index is 1.49. The van der Waals surface area contributed by atoms with Crippen molar-refractivity contribution in [2.45, 2.75) is 26.1 Å². The first-order valence-electron chi connectivity index (χ1n) is 9.73. The van der Waals surface area contributed by atoms with Crippen LogP contribution in [-0.4, -0.2) is 36.4 Å². The maximum atomic E-state index is 14.7. The minimum atomic E-state index is -0.703. The first-order valence-corrected chi connectivity index (χ1v) is 9.73. The first kappa shape index (κ1) is 20.9. The van der Waals surface area contributed by atoms with Crippen LogP contribution in [0.1, 0.15) is 24.4 Å². The standard InChI is InChI=1S/C22H20F3N3O3/c1-12-10-28(11-13(2)30-12)20-6-4-15(8-18(20)25)26-22(29)21-9-19(27-31-21)16-7-14(23)3-5-17(16)24/h3-9,12-13H,10-11H2,1-2H3,(H,26,29). The van der Waals surface area contributed by atoms with Gasteiger partial charge in [-0.1, -0.05) is 5.16 Å². The second-order valence-electron chi connectivity index (χ2n) is 7.48. The molecule has 31 heavy (non-hydrogen) atoms. The molecule has 1 amide bonds. The van der Waals surface area contributed by atoms with Crippen LogP contribution in [-0.2, 0) is 4.74 Å². The Kier molecular flexibility index (Phi) is 5.69. The van der Waals surface area contributed by atoms with Gasteiger partial charge in [0.1, 0.15) is 23.1 Å². The molecule has 1 aliphatic rings. The highest BCUT2D eigenvalue weighted by atomic mass is 19.1. The summed E-state index contributed by atoms with van der Waals surface area (Å²) in [5, 5.41) is 6.14. The van der Waals surface area contributed by atoms with Crippen LogP contribution in [0.2, 0.25) is 0 Å². The number of nitrogens with zero attached hydrogens (tertiary/aromatic N) is 2. The SMILES string of the molecule is CC1CN(c2ccc(NC(=O)c3cc(-c4cc(F)ccc4F)no3)cc2F)CC(C)O1. The molecule has 9 heteroatoms. The van der Waals surface area contributed by atoms with Gasteiger partial charge in [0.2, 0.25) is 5.76 Å². The number of anilines is 2. The molecule has 0 spiro atoms. The number of hydrogen-bond acceptors (Lipinski definition) is 5. The smallest absolute Gasteiger partial charge is 0.294 e. The second-order valence-corrected chi connectivity index (χ2v) is 7.48. The van der Waals surface area contributed by atoms with Crippen LogP contribution in [0.15, 0.2) is 47.0 Å². The van der Waals surface area contributed by atoms with E-state index in [1.807, 2.05) is 18.7 Å². The Labute approximate surface area is 176 Å². The van der Waals surface area contributed by atoms with E-state index in [-0.39, 0.29) is 34.9 Å². The van der Waals surface area contributed by atoms with E-state index in [1.54, 1.807) is 12.1 Å². The molecule has 162 valence electrons. The lowest BCUT2D eigenvalue weighted by Gasteiger charge is -2.37. The van der Waals surface area contributed by atoms with Gasteiger partial charge < -0.3 is 19.5 Å². The molecule has 2 aromatic carbocycles. The molecule has 1 saturated heterocycles. The minimum absolute atomic E-state index is 0.0221. The van der Waals surface area contributed by atoms with E-state index in [2.05, 4.69) is 10.5 Å². The molecule has 2 heterocycles. The number of amides is 1. The van der Waals surface area contributed by atoms with Gasteiger partial charge in [-0.25, -0.2) is 13.2 Å². The van der Waals surface area contributed by atoms with Crippen molar-refractivity contribution < 1.29 is 27.2 Å². The average molecular weight is 431 g/mol. The second kappa shape index (κ2) is 8.43. The lowest BCUT2D eigenvalue weighted by molar-refractivity contribution is -0.00539. The van der Waals surface area contributed by atoms with Gasteiger partial charge in [0.05, 0.1) is 17.9 Å². The van der Waals surface area contributed by atoms with Crippen LogP contribution in [0.4, 0.5) is 24.5 Å². The van der Waals surface area contributed by atoms with E-state index in [1.165, 1.54) is 12.1 Å². The fourth-order valence-electron chi connectivity index (χ4n) is 3.61. The molecular formula is C22H20F3N3O3. The van der Waals surface area contributed by atoms with Crippen LogP contribution in [0.25, 0.3) is 11.3 Å². The third-order valence-electron chi connectivity index (χ3n) is 4.90. The Hall–Kier alpha value is -3.33. The maximum Gasteiger partial charge on any atom is 0.294 e. The fraction of sp³-hybridized carbons (Fsp3) is 0.273. The number of ether oxygens (including phenoxy) is 1. The Morgan fingerprint density at radius 1 is 1.03 bits per heavy atom. The molecule has 3 aromatic rings. The van der Waals surface area contributed by atoms with E-state index in [9.17, 15) is 18.0 Å². The Bertz CT molecular complexity index is 1110. The predicted molar refractivity (Wildman–Crippen MR) is 108 cm³/mol. The zero-order valence-electron chi connectivity index (χ0n) is 16.9. The van der Waals surface area contributed by atoms with Crippen molar-refractivity contribution in [2.75, 3.05) is 23.3 Å². The zero-order chi connectivity index (χ0) is 22.1. The molecule has 2 atom stereocenters. The summed E-state index contributed by atoms with van der Waals surface area (Å²) in [5.74, 6) is -2.76. The molecule has 1 aliphatic heterocycles. The van der Waals surface area contributed by atoms with Gasteiger partial charge in [0.25, 0.3) is 5.91 Å². The average Bonchev–Trinajstić information content (AvgIpc) is 3.19. The van der Waals surface area contributed by atoms with Gasteiger partial charge in [-0.15, -0.1) is 0 Å². The Morgan fingerprint density at radius 2 is 1.77 bits per heavy atom. The summed E-state index contributed by atoms with van der Waals surface area (Å²) in [7, 11) is 0. The van der Waals surface area contributed by atoms with E-state index >= 15 is 0 Å². The van der Waals surface area contributed by atoms with Crippen LogP contribution >= 0.6 is 0 Å². The number of halogens is 3. The molecule has 4 rings (SSSR count). The van der Waals surface area contributed by atoms with Gasteiger partial charge in [-0.05, 0) is 50.2 Å². The minimum Gasteiger partial charge on any atom is -0.372 e. The van der Waals surface area contributed by atoms with Crippen molar-refractivity contribution in [3.05, 3.63) is 65.7 Å². The summed E-state index contributed by atoms with van der Waals surface area (Å²) in [4.78, 5) is 14.3. The molecule has 0 saturated carbocycles. The summed E-state index contributed by atoms with van der Waals surface area (Å²) in [6.07, 6.45) is -0.0443. The van der Waals surface area contributed by atoms with Gasteiger partial charge >= 0.3 is 0 Å². The topological polar surface area (TPSA) is 67.6 Å². The highest BCUT2D eigenvalue weighted by molar-refractivity contribution is 6.02. The number of aromatic nitrogens is 1. The lowest BCUT2D eigenvalue weighted by atomic mass is 10.1. The number of hydrogen-bond donors (Lipinski definition) is 1. The molecule has 1 N–H and O–H groups in total. The number of nitrogens with one attached hydrogen (secondary N) is 1. The fourth-order valence-corrected chi connectivity index (χ4v) is 3.61. The van der Waals surface area contributed by atoms with E-state index in [0.29, 0.717) is 18.8 Å². The van der Waals surface area contributed by atoms with Crippen molar-refractivity contribution in [3.8, 4) is 11.3 Å². The van der Waals surface area contributed by atoms with Crippen LogP contribution < -0.4 is 10.2 Å². The van der Waals surface area contributed by atoms with Crippen molar-refractivity contribution in [3.63, 3.8) is 0 Å². The lowest BCUT2D eigenvalue weighted by Crippen LogP contribution is -2.45. The quantitative estimate of drug-likeness (QED) is 0.653. The number of carbonyl (C=O) groups is 1. The predicted octanol–water partition coefficient (Wildman–Crippen LogP) is 4.62. The van der Waals surface area contributed by atoms with Crippen LogP contribution in [0.3, 0.4) is 0 Å². The number of carbonyl (C=O) groups excluding carboxylic acids is 1. The highest BCUT2D eigenvalue weighted by Crippen LogP contribution is 2.27. The summed E-state index contributed by atoms with van der Waals surface area (Å²) < 4.78 is 52.6. The summed E-state index contributed by atoms with van der Waals surface area (Å²) in [5.41, 5.74) is 0.477. The van der Waals surface area contributed by atoms with Gasteiger partial charge in [0, 0.05) is 30.4 Å². The normalized spacial score (nSPS) is 18.8. The van der Waals surface area contributed by atoms with Crippen molar-refractivity contribution >= 4 is 17.3 Å². The third-order valence-corrected chi connectivity index (χ3v) is 4.90. The molecular weight excluding hydrogens is 411 g/mol. The Morgan fingerprint density at radius 3 is 2.48 bits per heavy atom. The summed E-state index contributed by atoms with van der Waals surface area (Å²) in [6, 6.07) is 8.45. The summed E-state index contributed by atoms with van der Waals surface area (Å²) in [6.45, 7) is 4.97. The highest BCUT2D eigenvalue weighted by Gasteiger charge is 2.24. The molecule has 0 bridgehead atoms. The molecule has 0 radical (unpaired) electrons. The maximum absolute atomic E-state index is 14.7. The molecule has 2 unspecified atom stereocenters. The van der Waals surface area contributed by atoms with E-state index < -0.39 is 23.4 Å². The molecule has 1 aromatic heterocycles. The summed E-state index contributed by atoms with van der Waals surface area (Å²) >= 11 is 0. The third kappa shape index (κ3) is 4.56. The number of rotatable bonds is 4. The number of morpholine rings is 1. The van der Waals surface area contributed by atoms with Gasteiger partial charge in [0.15, 0.2) is 0 Å². The van der Waals surface area contributed by atoms with Crippen LogP contribution in [0, 0.1) is 17.5 Å².